The molecule has 7 nitrogen and oxygen atoms in total. The van der Waals surface area contributed by atoms with E-state index < -0.39 is 10.0 Å². The maximum Gasteiger partial charge on any atom is 0.243 e. The Kier molecular flexibility index (Phi) is 5.97. The Hall–Kier alpha value is -2.58. The van der Waals surface area contributed by atoms with Crippen LogP contribution in [0.25, 0.3) is 0 Å². The fourth-order valence-corrected chi connectivity index (χ4v) is 5.21. The molecule has 4 rings (SSSR count). The lowest BCUT2D eigenvalue weighted by molar-refractivity contribution is -0.126. The van der Waals surface area contributed by atoms with Crippen LogP contribution in [0.1, 0.15) is 18.4 Å². The van der Waals surface area contributed by atoms with Crippen LogP contribution in [-0.4, -0.2) is 51.0 Å². The van der Waals surface area contributed by atoms with Crippen molar-refractivity contribution < 1.29 is 22.7 Å². The number of sulfonamides is 1. The first-order valence-electron chi connectivity index (χ1n) is 10.2. The van der Waals surface area contributed by atoms with E-state index in [9.17, 15) is 13.2 Å². The van der Waals surface area contributed by atoms with E-state index in [1.807, 2.05) is 31.2 Å². The molecule has 1 amide bonds. The first kappa shape index (κ1) is 20.7. The summed E-state index contributed by atoms with van der Waals surface area (Å²) in [6.45, 7) is 3.33. The van der Waals surface area contributed by atoms with Crippen molar-refractivity contribution in [2.45, 2.75) is 30.8 Å². The van der Waals surface area contributed by atoms with E-state index in [4.69, 9.17) is 9.47 Å². The molecule has 2 aromatic carbocycles. The summed E-state index contributed by atoms with van der Waals surface area (Å²) in [6.07, 6.45) is 0.759. The van der Waals surface area contributed by atoms with Gasteiger partial charge < -0.3 is 14.8 Å². The molecule has 1 fully saturated rings. The number of hydrogen-bond donors (Lipinski definition) is 1. The molecule has 0 radical (unpaired) electrons. The van der Waals surface area contributed by atoms with E-state index in [0.29, 0.717) is 55.5 Å². The highest BCUT2D eigenvalue weighted by atomic mass is 32.2. The predicted octanol–water partition coefficient (Wildman–Crippen LogP) is 2.35. The zero-order chi connectivity index (χ0) is 21.1. The molecule has 0 aromatic heterocycles. The first-order chi connectivity index (χ1) is 14.4. The Morgan fingerprint density at radius 2 is 1.73 bits per heavy atom. The van der Waals surface area contributed by atoms with Crippen LogP contribution >= 0.6 is 0 Å². The van der Waals surface area contributed by atoms with E-state index in [1.165, 1.54) is 4.31 Å². The van der Waals surface area contributed by atoms with Gasteiger partial charge >= 0.3 is 0 Å². The largest absolute Gasteiger partial charge is 0.486 e. The second kappa shape index (κ2) is 8.65. The Morgan fingerprint density at radius 1 is 1.07 bits per heavy atom. The van der Waals surface area contributed by atoms with Crippen molar-refractivity contribution in [2.24, 2.45) is 5.92 Å². The van der Waals surface area contributed by atoms with Gasteiger partial charge in [0.15, 0.2) is 11.5 Å². The van der Waals surface area contributed by atoms with Crippen LogP contribution in [0.15, 0.2) is 53.4 Å². The Labute approximate surface area is 177 Å². The standard InChI is InChI=1S/C22H26N2O5S/c1-16-6-8-19(9-7-16)30(26,27)24-12-10-17(11-13-24)22(25)23-14-18-15-28-20-4-2-3-5-21(20)29-18/h2-9,17-18H,10-15H2,1H3,(H,23,25)/t18-/m1/s1. The molecule has 1 atom stereocenters. The third-order valence-electron chi connectivity index (χ3n) is 5.55. The van der Waals surface area contributed by atoms with Crippen LogP contribution in [0.5, 0.6) is 11.5 Å². The van der Waals surface area contributed by atoms with Crippen LogP contribution in [0, 0.1) is 12.8 Å². The van der Waals surface area contributed by atoms with Crippen LogP contribution in [-0.2, 0) is 14.8 Å². The predicted molar refractivity (Wildman–Crippen MR) is 112 cm³/mol. The van der Waals surface area contributed by atoms with Crippen molar-refractivity contribution >= 4 is 15.9 Å². The average Bonchev–Trinajstić information content (AvgIpc) is 2.77. The Morgan fingerprint density at radius 3 is 2.43 bits per heavy atom. The second-order valence-electron chi connectivity index (χ2n) is 7.73. The summed E-state index contributed by atoms with van der Waals surface area (Å²) in [4.78, 5) is 12.9. The lowest BCUT2D eigenvalue weighted by Crippen LogP contribution is -2.46. The van der Waals surface area contributed by atoms with E-state index in [1.54, 1.807) is 24.3 Å². The summed E-state index contributed by atoms with van der Waals surface area (Å²) in [6, 6.07) is 14.3. The molecule has 1 N–H and O–H groups in total. The van der Waals surface area contributed by atoms with Gasteiger partial charge in [-0.2, -0.15) is 4.31 Å². The third-order valence-corrected chi connectivity index (χ3v) is 7.47. The van der Waals surface area contributed by atoms with Gasteiger partial charge in [-0.25, -0.2) is 8.42 Å². The normalized spacial score (nSPS) is 20.0. The number of hydrogen-bond acceptors (Lipinski definition) is 5. The molecule has 8 heteroatoms. The van der Waals surface area contributed by atoms with Crippen molar-refractivity contribution in [1.82, 2.24) is 9.62 Å². The van der Waals surface area contributed by atoms with Crippen LogP contribution in [0.4, 0.5) is 0 Å². The van der Waals surface area contributed by atoms with Gasteiger partial charge in [-0.3, -0.25) is 4.79 Å². The van der Waals surface area contributed by atoms with Crippen molar-refractivity contribution in [2.75, 3.05) is 26.2 Å². The third kappa shape index (κ3) is 4.44. The molecule has 2 heterocycles. The molecule has 0 unspecified atom stereocenters. The maximum atomic E-state index is 12.8. The summed E-state index contributed by atoms with van der Waals surface area (Å²) in [7, 11) is -3.52. The monoisotopic (exact) mass is 430 g/mol. The van der Waals surface area contributed by atoms with Gasteiger partial charge in [0.25, 0.3) is 0 Å². The van der Waals surface area contributed by atoms with E-state index in [2.05, 4.69) is 5.32 Å². The summed E-state index contributed by atoms with van der Waals surface area (Å²) in [5.41, 5.74) is 1.01. The SMILES string of the molecule is Cc1ccc(S(=O)(=O)N2CCC(C(=O)NC[C@@H]3COc4ccccc4O3)CC2)cc1. The Bertz CT molecular complexity index is 998. The molecular weight excluding hydrogens is 404 g/mol. The molecule has 0 spiro atoms. The highest BCUT2D eigenvalue weighted by molar-refractivity contribution is 7.89. The number of piperidine rings is 1. The number of nitrogens with zero attached hydrogens (tertiary/aromatic N) is 1. The number of amides is 1. The summed E-state index contributed by atoms with van der Waals surface area (Å²) < 4.78 is 38.6. The quantitative estimate of drug-likeness (QED) is 0.787. The number of nitrogens with one attached hydrogen (secondary N) is 1. The molecule has 160 valence electrons. The molecule has 2 aliphatic heterocycles. The van der Waals surface area contributed by atoms with E-state index >= 15 is 0 Å². The first-order valence-corrected chi connectivity index (χ1v) is 11.6. The van der Waals surface area contributed by atoms with Crippen LogP contribution < -0.4 is 14.8 Å². The molecular formula is C22H26N2O5S. The number of benzene rings is 2. The minimum absolute atomic E-state index is 0.0650. The minimum Gasteiger partial charge on any atom is -0.486 e. The fraction of sp³-hybridized carbons (Fsp3) is 0.409. The molecule has 1 saturated heterocycles. The summed E-state index contributed by atoms with van der Waals surface area (Å²) >= 11 is 0. The number of ether oxygens (including phenoxy) is 2. The van der Waals surface area contributed by atoms with Gasteiger partial charge in [0, 0.05) is 19.0 Å². The van der Waals surface area contributed by atoms with Crippen LogP contribution in [0.3, 0.4) is 0 Å². The van der Waals surface area contributed by atoms with Crippen molar-refractivity contribution in [3.63, 3.8) is 0 Å². The molecule has 0 bridgehead atoms. The smallest absolute Gasteiger partial charge is 0.243 e. The van der Waals surface area contributed by atoms with Crippen molar-refractivity contribution in [3.05, 3.63) is 54.1 Å². The minimum atomic E-state index is -3.52. The maximum absolute atomic E-state index is 12.8. The van der Waals surface area contributed by atoms with Crippen LogP contribution in [0.2, 0.25) is 0 Å². The number of carbonyl (C=O) groups excluding carboxylic acids is 1. The fourth-order valence-electron chi connectivity index (χ4n) is 3.74. The molecule has 30 heavy (non-hydrogen) atoms. The lowest BCUT2D eigenvalue weighted by atomic mass is 9.97. The Balaban J connectivity index is 1.27. The summed E-state index contributed by atoms with van der Waals surface area (Å²) in [5, 5.41) is 2.93. The average molecular weight is 431 g/mol. The number of rotatable bonds is 5. The van der Waals surface area contributed by atoms with Gasteiger partial charge in [-0.1, -0.05) is 29.8 Å². The van der Waals surface area contributed by atoms with Gasteiger partial charge in [-0.15, -0.1) is 0 Å². The van der Waals surface area contributed by atoms with Gasteiger partial charge in [0.05, 0.1) is 11.4 Å². The number of fused-ring (bicyclic) bond motifs is 1. The highest BCUT2D eigenvalue weighted by Crippen LogP contribution is 2.30. The highest BCUT2D eigenvalue weighted by Gasteiger charge is 2.32. The molecule has 0 aliphatic carbocycles. The molecule has 2 aliphatic rings. The zero-order valence-electron chi connectivity index (χ0n) is 16.9. The second-order valence-corrected chi connectivity index (χ2v) is 9.67. The number of para-hydroxylation sites is 2. The van der Waals surface area contributed by atoms with E-state index in [0.717, 1.165) is 5.56 Å². The number of carbonyl (C=O) groups is 1. The van der Waals surface area contributed by atoms with Gasteiger partial charge in [0.2, 0.25) is 15.9 Å². The van der Waals surface area contributed by atoms with Gasteiger partial charge in [0.1, 0.15) is 12.7 Å². The summed E-state index contributed by atoms with van der Waals surface area (Å²) in [5.74, 6) is 1.12. The van der Waals surface area contributed by atoms with Crippen molar-refractivity contribution in [1.29, 1.82) is 0 Å². The zero-order valence-corrected chi connectivity index (χ0v) is 17.7. The lowest BCUT2D eigenvalue weighted by Gasteiger charge is -2.31. The van der Waals surface area contributed by atoms with E-state index in [-0.39, 0.29) is 17.9 Å². The topological polar surface area (TPSA) is 84.9 Å². The number of aryl methyl sites for hydroxylation is 1. The molecule has 0 saturated carbocycles. The van der Waals surface area contributed by atoms with Gasteiger partial charge in [-0.05, 0) is 44.0 Å². The van der Waals surface area contributed by atoms with Crippen molar-refractivity contribution in [3.8, 4) is 11.5 Å². The molecule has 2 aromatic rings.